The summed E-state index contributed by atoms with van der Waals surface area (Å²) < 4.78 is 16.5. The highest BCUT2D eigenvalue weighted by Crippen LogP contribution is 2.23. The number of aromatic nitrogens is 2. The normalized spacial score (nSPS) is 15.4. The number of amides is 1. The smallest absolute Gasteiger partial charge is 0.310 e. The highest BCUT2D eigenvalue weighted by Gasteiger charge is 2.30. The number of piperazine rings is 1. The van der Waals surface area contributed by atoms with Crippen molar-refractivity contribution >= 4 is 30.7 Å². The van der Waals surface area contributed by atoms with Gasteiger partial charge in [-0.15, -0.1) is 24.8 Å². The first kappa shape index (κ1) is 24.5. The number of methoxy groups -OCH3 is 1. The molecule has 1 fully saturated rings. The molecule has 10 heteroatoms. The minimum Gasteiger partial charge on any atom is -0.497 e. The maximum atomic E-state index is 13.0. The Hall–Kier alpha value is -2.81. The molecule has 0 aliphatic carbocycles. The molecule has 31 heavy (non-hydrogen) atoms. The Balaban J connectivity index is 0.00000171. The second-order valence-electron chi connectivity index (χ2n) is 6.62. The van der Waals surface area contributed by atoms with E-state index in [2.05, 4.69) is 15.3 Å². The van der Waals surface area contributed by atoms with Crippen LogP contribution in [0.4, 0.5) is 0 Å². The summed E-state index contributed by atoms with van der Waals surface area (Å²) in [6.45, 7) is 2.26. The zero-order valence-electron chi connectivity index (χ0n) is 16.9. The number of oxazole rings is 1. The lowest BCUT2D eigenvalue weighted by Crippen LogP contribution is -2.56. The van der Waals surface area contributed by atoms with Crippen LogP contribution in [0.1, 0.15) is 10.7 Å². The van der Waals surface area contributed by atoms with Crippen LogP contribution in [0.5, 0.6) is 11.5 Å². The SMILES string of the molecule is COc1ccc(-c2coc(C(=O)N3CCNCC3COc3cccnc3)n2)cc1.Cl.Cl. The van der Waals surface area contributed by atoms with Crippen molar-refractivity contribution in [2.75, 3.05) is 33.4 Å². The van der Waals surface area contributed by atoms with E-state index in [9.17, 15) is 4.79 Å². The molecular formula is C21H24Cl2N4O4. The lowest BCUT2D eigenvalue weighted by molar-refractivity contribution is 0.0520. The van der Waals surface area contributed by atoms with E-state index in [0.717, 1.165) is 11.3 Å². The Morgan fingerprint density at radius 2 is 2.03 bits per heavy atom. The minimum atomic E-state index is -0.244. The molecule has 1 saturated heterocycles. The number of carbonyl (C=O) groups is 1. The van der Waals surface area contributed by atoms with Crippen LogP contribution >= 0.6 is 24.8 Å². The maximum absolute atomic E-state index is 13.0. The number of rotatable bonds is 6. The van der Waals surface area contributed by atoms with Crippen molar-refractivity contribution < 1.29 is 18.7 Å². The van der Waals surface area contributed by atoms with E-state index in [1.54, 1.807) is 24.4 Å². The zero-order chi connectivity index (χ0) is 20.1. The fourth-order valence-corrected chi connectivity index (χ4v) is 3.19. The lowest BCUT2D eigenvalue weighted by atomic mass is 10.1. The third-order valence-corrected chi connectivity index (χ3v) is 4.76. The van der Waals surface area contributed by atoms with E-state index in [4.69, 9.17) is 13.9 Å². The minimum absolute atomic E-state index is 0. The number of nitrogens with one attached hydrogen (secondary N) is 1. The van der Waals surface area contributed by atoms with E-state index in [-0.39, 0.29) is 42.7 Å². The molecule has 0 bridgehead atoms. The number of nitrogens with zero attached hydrogens (tertiary/aromatic N) is 3. The average molecular weight is 467 g/mol. The molecule has 1 amide bonds. The summed E-state index contributed by atoms with van der Waals surface area (Å²) in [6, 6.07) is 10.9. The molecule has 2 aromatic heterocycles. The van der Waals surface area contributed by atoms with Crippen LogP contribution in [0, 0.1) is 0 Å². The maximum Gasteiger partial charge on any atom is 0.310 e. The van der Waals surface area contributed by atoms with Crippen LogP contribution in [0.2, 0.25) is 0 Å². The molecule has 8 nitrogen and oxygen atoms in total. The Labute approximate surface area is 192 Å². The fraction of sp³-hybridized carbons (Fsp3) is 0.286. The van der Waals surface area contributed by atoms with Gasteiger partial charge in [0.2, 0.25) is 0 Å². The van der Waals surface area contributed by atoms with E-state index < -0.39 is 0 Å². The van der Waals surface area contributed by atoms with Crippen molar-refractivity contribution in [1.29, 1.82) is 0 Å². The Bertz CT molecular complexity index is 954. The van der Waals surface area contributed by atoms with Crippen molar-refractivity contribution in [3.8, 4) is 22.8 Å². The highest BCUT2D eigenvalue weighted by atomic mass is 35.5. The molecule has 3 aromatic rings. The second-order valence-corrected chi connectivity index (χ2v) is 6.62. The third kappa shape index (κ3) is 5.88. The van der Waals surface area contributed by atoms with Gasteiger partial charge in [-0.25, -0.2) is 4.98 Å². The summed E-state index contributed by atoms with van der Waals surface area (Å²) in [5.41, 5.74) is 1.46. The topological polar surface area (TPSA) is 89.7 Å². The van der Waals surface area contributed by atoms with Crippen molar-refractivity contribution in [1.82, 2.24) is 20.2 Å². The zero-order valence-corrected chi connectivity index (χ0v) is 18.5. The molecule has 1 atom stereocenters. The van der Waals surface area contributed by atoms with E-state index in [1.165, 1.54) is 6.26 Å². The summed E-state index contributed by atoms with van der Waals surface area (Å²) in [4.78, 5) is 23.2. The number of hydrogen-bond acceptors (Lipinski definition) is 7. The van der Waals surface area contributed by atoms with Gasteiger partial charge in [0.15, 0.2) is 0 Å². The molecule has 1 unspecified atom stereocenters. The van der Waals surface area contributed by atoms with Gasteiger partial charge >= 0.3 is 5.91 Å². The van der Waals surface area contributed by atoms with E-state index >= 15 is 0 Å². The molecular weight excluding hydrogens is 443 g/mol. The van der Waals surface area contributed by atoms with Crippen molar-refractivity contribution in [3.05, 3.63) is 60.9 Å². The number of carbonyl (C=O) groups excluding carboxylic acids is 1. The van der Waals surface area contributed by atoms with Gasteiger partial charge in [-0.1, -0.05) is 0 Å². The molecule has 0 spiro atoms. The first-order valence-corrected chi connectivity index (χ1v) is 9.39. The van der Waals surface area contributed by atoms with Crippen LogP contribution in [-0.4, -0.2) is 60.2 Å². The van der Waals surface area contributed by atoms with Gasteiger partial charge in [0.25, 0.3) is 5.89 Å². The van der Waals surface area contributed by atoms with Crippen LogP contribution in [0.25, 0.3) is 11.3 Å². The molecule has 1 aromatic carbocycles. The van der Waals surface area contributed by atoms with Gasteiger partial charge in [0, 0.05) is 31.4 Å². The van der Waals surface area contributed by atoms with Crippen LogP contribution in [-0.2, 0) is 0 Å². The van der Waals surface area contributed by atoms with Gasteiger partial charge < -0.3 is 24.1 Å². The average Bonchev–Trinajstić information content (AvgIpc) is 3.28. The van der Waals surface area contributed by atoms with Crippen molar-refractivity contribution in [3.63, 3.8) is 0 Å². The molecule has 3 heterocycles. The molecule has 4 rings (SSSR count). The number of benzene rings is 1. The molecule has 1 aliphatic heterocycles. The van der Waals surface area contributed by atoms with Gasteiger partial charge in [-0.3, -0.25) is 9.78 Å². The number of hydrogen-bond donors (Lipinski definition) is 1. The molecule has 0 radical (unpaired) electrons. The second kappa shape index (κ2) is 11.5. The van der Waals surface area contributed by atoms with Gasteiger partial charge in [0.1, 0.15) is 30.1 Å². The molecule has 1 N–H and O–H groups in total. The fourth-order valence-electron chi connectivity index (χ4n) is 3.19. The number of ether oxygens (including phenoxy) is 2. The van der Waals surface area contributed by atoms with Gasteiger partial charge in [0.05, 0.1) is 19.3 Å². The summed E-state index contributed by atoms with van der Waals surface area (Å²) >= 11 is 0. The number of halogens is 2. The number of pyridine rings is 1. The Morgan fingerprint density at radius 3 is 2.74 bits per heavy atom. The highest BCUT2D eigenvalue weighted by molar-refractivity contribution is 5.90. The van der Waals surface area contributed by atoms with Crippen molar-refractivity contribution in [2.45, 2.75) is 6.04 Å². The predicted octanol–water partition coefficient (Wildman–Crippen LogP) is 3.08. The standard InChI is InChI=1S/C21H22N4O4.2ClH/c1-27-17-6-4-15(5-7-17)19-14-29-20(24-19)21(26)25-10-9-23-11-16(25)13-28-18-3-2-8-22-12-18;;/h2-8,12,14,16,23H,9-11,13H2,1H3;2*1H. The first-order valence-electron chi connectivity index (χ1n) is 9.39. The predicted molar refractivity (Wildman–Crippen MR) is 120 cm³/mol. The van der Waals surface area contributed by atoms with Crippen LogP contribution in [0.3, 0.4) is 0 Å². The lowest BCUT2D eigenvalue weighted by Gasteiger charge is -2.35. The summed E-state index contributed by atoms with van der Waals surface area (Å²) in [5.74, 6) is 1.25. The summed E-state index contributed by atoms with van der Waals surface area (Å²) in [5, 5.41) is 3.30. The third-order valence-electron chi connectivity index (χ3n) is 4.76. The van der Waals surface area contributed by atoms with E-state index in [1.807, 2.05) is 36.4 Å². The van der Waals surface area contributed by atoms with Crippen LogP contribution in [0.15, 0.2) is 59.5 Å². The van der Waals surface area contributed by atoms with Crippen molar-refractivity contribution in [2.24, 2.45) is 0 Å². The molecule has 166 valence electrons. The van der Waals surface area contributed by atoms with Gasteiger partial charge in [-0.05, 0) is 36.4 Å². The quantitative estimate of drug-likeness (QED) is 0.596. The summed E-state index contributed by atoms with van der Waals surface area (Å²) in [6.07, 6.45) is 4.84. The molecule has 0 saturated carbocycles. The first-order chi connectivity index (χ1) is 14.2. The molecule has 1 aliphatic rings. The Morgan fingerprint density at radius 1 is 1.23 bits per heavy atom. The summed E-state index contributed by atoms with van der Waals surface area (Å²) in [7, 11) is 1.61. The monoisotopic (exact) mass is 466 g/mol. The van der Waals surface area contributed by atoms with E-state index in [0.29, 0.717) is 37.7 Å². The Kier molecular flexibility index (Phi) is 9.11. The van der Waals surface area contributed by atoms with Gasteiger partial charge in [-0.2, -0.15) is 0 Å². The largest absolute Gasteiger partial charge is 0.497 e. The van der Waals surface area contributed by atoms with Crippen LogP contribution < -0.4 is 14.8 Å².